The number of benzene rings is 5. The lowest BCUT2D eigenvalue weighted by Crippen LogP contribution is -2.64. The summed E-state index contributed by atoms with van der Waals surface area (Å²) >= 11 is 0. The molecule has 7 aliphatic rings. The summed E-state index contributed by atoms with van der Waals surface area (Å²) in [5.74, 6) is 3.33. The average Bonchev–Trinajstić information content (AvgIpc) is 3.11. The highest BCUT2D eigenvalue weighted by molar-refractivity contribution is 7.00. The molecule has 4 saturated carbocycles. The van der Waals surface area contributed by atoms with Crippen LogP contribution in [0.25, 0.3) is 0 Å². The predicted molar refractivity (Wildman–Crippen MR) is 206 cm³/mol. The molecule has 2 nitrogen and oxygen atoms in total. The van der Waals surface area contributed by atoms with Gasteiger partial charge in [0.2, 0.25) is 0 Å². The number of hydrogen-bond acceptors (Lipinski definition) is 2. The first-order valence-corrected chi connectivity index (χ1v) is 19.1. The fourth-order valence-corrected chi connectivity index (χ4v) is 12.2. The first-order chi connectivity index (χ1) is 23.9. The van der Waals surface area contributed by atoms with Gasteiger partial charge in [-0.15, -0.1) is 0 Å². The van der Waals surface area contributed by atoms with Crippen LogP contribution in [0.1, 0.15) is 82.1 Å². The molecule has 0 amide bonds. The molecular weight excluding hydrogens is 591 g/mol. The minimum Gasteiger partial charge on any atom is -0.311 e. The van der Waals surface area contributed by atoms with Crippen molar-refractivity contribution in [1.29, 1.82) is 0 Å². The van der Waals surface area contributed by atoms with Crippen molar-refractivity contribution in [1.82, 2.24) is 0 Å². The van der Waals surface area contributed by atoms with E-state index >= 15 is 0 Å². The van der Waals surface area contributed by atoms with Gasteiger partial charge in [0.25, 0.3) is 6.71 Å². The molecule has 49 heavy (non-hydrogen) atoms. The number of hydrogen-bond donors (Lipinski definition) is 0. The first kappa shape index (κ1) is 28.6. The van der Waals surface area contributed by atoms with Crippen molar-refractivity contribution in [3.8, 4) is 0 Å². The molecule has 1 spiro atoms. The van der Waals surface area contributed by atoms with E-state index in [1.807, 2.05) is 0 Å². The SMILES string of the molecule is CCc1cccc(N2c3ccc(C(C)(C)C)cc3B3c4cccc5c4N(c4ccccc4C54C5CC6CC(C5)CC4C6)c4cccc2c43)c1. The van der Waals surface area contributed by atoms with Crippen molar-refractivity contribution in [2.75, 3.05) is 9.80 Å². The Morgan fingerprint density at radius 3 is 2.06 bits per heavy atom. The van der Waals surface area contributed by atoms with E-state index in [-0.39, 0.29) is 17.5 Å². The zero-order chi connectivity index (χ0) is 32.8. The third-order valence-electron chi connectivity index (χ3n) is 13.9. The molecule has 4 bridgehead atoms. The summed E-state index contributed by atoms with van der Waals surface area (Å²) in [5.41, 5.74) is 18.7. The van der Waals surface area contributed by atoms with E-state index < -0.39 is 0 Å². The molecule has 3 heteroatoms. The second-order valence-electron chi connectivity index (χ2n) is 17.3. The van der Waals surface area contributed by atoms with Gasteiger partial charge < -0.3 is 9.80 Å². The summed E-state index contributed by atoms with van der Waals surface area (Å²) < 4.78 is 0. The maximum absolute atomic E-state index is 2.71. The predicted octanol–water partition coefficient (Wildman–Crippen LogP) is 9.68. The van der Waals surface area contributed by atoms with Crippen LogP contribution in [0.3, 0.4) is 0 Å². The molecule has 4 fully saturated rings. The van der Waals surface area contributed by atoms with Crippen molar-refractivity contribution < 1.29 is 0 Å². The number of aryl methyl sites for hydroxylation is 1. The van der Waals surface area contributed by atoms with E-state index in [1.165, 1.54) is 93.7 Å². The average molecular weight is 637 g/mol. The Kier molecular flexibility index (Phi) is 5.67. The largest absolute Gasteiger partial charge is 0.311 e. The van der Waals surface area contributed by atoms with Crippen LogP contribution < -0.4 is 26.2 Å². The van der Waals surface area contributed by atoms with Gasteiger partial charge in [0, 0.05) is 33.9 Å². The summed E-state index contributed by atoms with van der Waals surface area (Å²) in [6.07, 6.45) is 8.11. The van der Waals surface area contributed by atoms with Crippen LogP contribution >= 0.6 is 0 Å². The molecule has 4 aliphatic carbocycles. The van der Waals surface area contributed by atoms with Crippen molar-refractivity contribution >= 4 is 57.2 Å². The van der Waals surface area contributed by atoms with Crippen LogP contribution in [0.5, 0.6) is 0 Å². The van der Waals surface area contributed by atoms with E-state index in [2.05, 4.69) is 141 Å². The normalized spacial score (nSPS) is 26.4. The zero-order valence-electron chi connectivity index (χ0n) is 29.3. The highest BCUT2D eigenvalue weighted by atomic mass is 15.2. The Labute approximate surface area is 292 Å². The minimum atomic E-state index is 0.0575. The Morgan fingerprint density at radius 2 is 1.31 bits per heavy atom. The third kappa shape index (κ3) is 3.59. The van der Waals surface area contributed by atoms with E-state index in [9.17, 15) is 0 Å². The Balaban J connectivity index is 1.23. The number of nitrogens with zero attached hydrogens (tertiary/aromatic N) is 2. The Morgan fingerprint density at radius 1 is 0.633 bits per heavy atom. The van der Waals surface area contributed by atoms with Crippen LogP contribution in [0.2, 0.25) is 0 Å². The molecule has 3 aliphatic heterocycles. The van der Waals surface area contributed by atoms with Gasteiger partial charge >= 0.3 is 0 Å². The fourth-order valence-electron chi connectivity index (χ4n) is 12.2. The standard InChI is InChI=1S/C46H45BN2/c1-5-28-11-8-12-34(26-28)48-40-20-19-31(45(2,3)4)27-38(40)47-37-15-9-14-36-44(37)49(42-18-10-17-41(48)43(42)47)39-16-7-6-13-35(39)46(36)32-22-29-21-30(24-32)25-33(46)23-29/h6-20,26-27,29-30,32-33H,5,21-25H2,1-4H3. The highest BCUT2D eigenvalue weighted by Crippen LogP contribution is 2.69. The lowest BCUT2D eigenvalue weighted by Gasteiger charge is -2.64. The lowest BCUT2D eigenvalue weighted by molar-refractivity contribution is -0.0419. The highest BCUT2D eigenvalue weighted by Gasteiger charge is 2.62. The van der Waals surface area contributed by atoms with Crippen LogP contribution in [0.15, 0.2) is 103 Å². The van der Waals surface area contributed by atoms with Crippen molar-refractivity contribution in [2.45, 2.75) is 77.0 Å². The van der Waals surface area contributed by atoms with E-state index in [1.54, 1.807) is 11.1 Å². The molecule has 5 aromatic carbocycles. The van der Waals surface area contributed by atoms with Gasteiger partial charge in [-0.3, -0.25) is 0 Å². The molecule has 0 atom stereocenters. The molecule has 0 N–H and O–H groups in total. The minimum absolute atomic E-state index is 0.0575. The van der Waals surface area contributed by atoms with Crippen LogP contribution in [-0.2, 0) is 17.3 Å². The van der Waals surface area contributed by atoms with E-state index in [4.69, 9.17) is 0 Å². The summed E-state index contributed by atoms with van der Waals surface area (Å²) in [6.45, 7) is 9.52. The summed E-state index contributed by atoms with van der Waals surface area (Å²) in [7, 11) is 0. The molecule has 0 radical (unpaired) electrons. The second-order valence-corrected chi connectivity index (χ2v) is 17.3. The topological polar surface area (TPSA) is 6.48 Å². The van der Waals surface area contributed by atoms with E-state index in [0.29, 0.717) is 0 Å². The van der Waals surface area contributed by atoms with Crippen LogP contribution in [0.4, 0.5) is 34.1 Å². The summed E-state index contributed by atoms with van der Waals surface area (Å²) in [6, 6.07) is 40.9. The molecule has 242 valence electrons. The Hall–Kier alpha value is -4.24. The van der Waals surface area contributed by atoms with Crippen LogP contribution in [-0.4, -0.2) is 6.71 Å². The monoisotopic (exact) mass is 636 g/mol. The number of para-hydroxylation sites is 2. The Bertz CT molecular complexity index is 2180. The molecule has 0 unspecified atom stereocenters. The van der Waals surface area contributed by atoms with Gasteiger partial charge in [-0.25, -0.2) is 0 Å². The van der Waals surface area contributed by atoms with Gasteiger partial charge in [-0.05, 0) is 143 Å². The zero-order valence-corrected chi connectivity index (χ0v) is 29.3. The maximum Gasteiger partial charge on any atom is 0.252 e. The maximum atomic E-state index is 2.71. The molecule has 0 aromatic heterocycles. The van der Waals surface area contributed by atoms with Crippen molar-refractivity contribution in [3.05, 3.63) is 125 Å². The smallest absolute Gasteiger partial charge is 0.252 e. The van der Waals surface area contributed by atoms with Gasteiger partial charge in [-0.2, -0.15) is 0 Å². The molecular formula is C46H45BN2. The van der Waals surface area contributed by atoms with Gasteiger partial charge in [0.05, 0.1) is 5.69 Å². The lowest BCUT2D eigenvalue weighted by atomic mass is 9.32. The third-order valence-corrected chi connectivity index (χ3v) is 13.9. The van der Waals surface area contributed by atoms with Crippen molar-refractivity contribution in [3.63, 3.8) is 0 Å². The quantitative estimate of drug-likeness (QED) is 0.174. The van der Waals surface area contributed by atoms with Gasteiger partial charge in [0.1, 0.15) is 0 Å². The summed E-state index contributed by atoms with van der Waals surface area (Å²) in [4.78, 5) is 5.28. The molecule has 5 aromatic rings. The number of fused-ring (bicyclic) bond motifs is 6. The molecule has 3 heterocycles. The first-order valence-electron chi connectivity index (χ1n) is 19.1. The van der Waals surface area contributed by atoms with Crippen LogP contribution in [0, 0.1) is 23.7 Å². The fraction of sp³-hybridized carbons (Fsp3) is 0.348. The van der Waals surface area contributed by atoms with Crippen molar-refractivity contribution in [2.24, 2.45) is 23.7 Å². The van der Waals surface area contributed by atoms with Gasteiger partial charge in [0.15, 0.2) is 0 Å². The second kappa shape index (κ2) is 9.72. The number of rotatable bonds is 2. The van der Waals surface area contributed by atoms with E-state index in [0.717, 1.165) is 30.1 Å². The molecule has 12 rings (SSSR count). The van der Waals surface area contributed by atoms with Gasteiger partial charge in [-0.1, -0.05) is 94.4 Å². The number of anilines is 6. The summed E-state index contributed by atoms with van der Waals surface area (Å²) in [5, 5.41) is 0. The molecule has 0 saturated heterocycles.